The van der Waals surface area contributed by atoms with Crippen LogP contribution >= 0.6 is 0 Å². The summed E-state index contributed by atoms with van der Waals surface area (Å²) in [6.45, 7) is 4.70. The number of H-pyrrole nitrogens is 1. The van der Waals surface area contributed by atoms with Gasteiger partial charge in [0.15, 0.2) is 0 Å². The number of carbonyl (C=O) groups is 3. The SMILES string of the molecule is COc1cccc([C@H]2c3[nH]c4ccccc4c3C[C@H]3C(=O)N(c4ccccc4C(=O)NCCC(C)C)C(=O)N23)c1. The number of fused-ring (bicyclic) bond motifs is 4. The van der Waals surface area contributed by atoms with Crippen LogP contribution in [-0.4, -0.2) is 47.4 Å². The highest BCUT2D eigenvalue weighted by Gasteiger charge is 2.53. The highest BCUT2D eigenvalue weighted by Crippen LogP contribution is 2.45. The summed E-state index contributed by atoms with van der Waals surface area (Å²) in [6, 6.07) is 20.7. The topological polar surface area (TPSA) is 94.7 Å². The predicted molar refractivity (Wildman–Crippen MR) is 154 cm³/mol. The summed E-state index contributed by atoms with van der Waals surface area (Å²) in [7, 11) is 1.60. The van der Waals surface area contributed by atoms with E-state index in [0.717, 1.165) is 34.1 Å². The Hall–Kier alpha value is -4.59. The van der Waals surface area contributed by atoms with E-state index in [1.54, 1.807) is 36.3 Å². The van der Waals surface area contributed by atoms with E-state index in [1.807, 2.05) is 48.5 Å². The molecule has 8 heteroatoms. The second kappa shape index (κ2) is 10.2. The Bertz CT molecular complexity index is 1620. The zero-order chi connectivity index (χ0) is 28.0. The quantitative estimate of drug-likeness (QED) is 0.308. The van der Waals surface area contributed by atoms with Crippen LogP contribution < -0.4 is 15.0 Å². The molecule has 0 aliphatic carbocycles. The van der Waals surface area contributed by atoms with Gasteiger partial charge in [-0.3, -0.25) is 14.5 Å². The minimum Gasteiger partial charge on any atom is -0.497 e. The van der Waals surface area contributed by atoms with E-state index in [4.69, 9.17) is 4.74 Å². The zero-order valence-electron chi connectivity index (χ0n) is 22.8. The predicted octanol–water partition coefficient (Wildman–Crippen LogP) is 5.44. The standard InChI is InChI=1S/C32H32N4O4/c1-19(2)15-16-33-30(37)23-12-5-7-14-26(23)36-31(38)27-18-24-22-11-4-6-13-25(22)34-28(24)29(35(27)32(36)39)20-9-8-10-21(17-20)40-3/h4-14,17,19,27,29,34H,15-16,18H2,1-3H3,(H,33,37)/t27-,29-/m0/s1. The number of benzene rings is 3. The average Bonchev–Trinajstić information content (AvgIpc) is 3.45. The number of anilines is 1. The van der Waals surface area contributed by atoms with Gasteiger partial charge in [-0.1, -0.05) is 56.3 Å². The second-order valence-corrected chi connectivity index (χ2v) is 10.8. The number of amides is 4. The number of aromatic nitrogens is 1. The number of aromatic amines is 1. The van der Waals surface area contributed by atoms with Crippen molar-refractivity contribution in [3.05, 3.63) is 95.2 Å². The summed E-state index contributed by atoms with van der Waals surface area (Å²) in [5.41, 5.74) is 4.30. The number of nitrogens with zero attached hydrogens (tertiary/aromatic N) is 2. The number of imide groups is 1. The molecule has 4 amide bonds. The van der Waals surface area contributed by atoms with Crippen molar-refractivity contribution in [2.24, 2.45) is 5.92 Å². The fourth-order valence-corrected chi connectivity index (χ4v) is 5.88. The van der Waals surface area contributed by atoms with Gasteiger partial charge in [-0.25, -0.2) is 9.69 Å². The lowest BCUT2D eigenvalue weighted by molar-refractivity contribution is -0.120. The number of nitrogens with one attached hydrogen (secondary N) is 2. The number of hydrogen-bond donors (Lipinski definition) is 2. The Labute approximate surface area is 232 Å². The van der Waals surface area contributed by atoms with E-state index in [0.29, 0.717) is 35.9 Å². The van der Waals surface area contributed by atoms with E-state index in [1.165, 1.54) is 4.90 Å². The summed E-state index contributed by atoms with van der Waals surface area (Å²) in [6.07, 6.45) is 1.21. The van der Waals surface area contributed by atoms with Crippen LogP contribution in [0.15, 0.2) is 72.8 Å². The Kier molecular flexibility index (Phi) is 6.54. The van der Waals surface area contributed by atoms with Crippen LogP contribution in [-0.2, 0) is 11.2 Å². The summed E-state index contributed by atoms with van der Waals surface area (Å²) in [5, 5.41) is 3.98. The number of urea groups is 1. The molecular formula is C32H32N4O4. The Balaban J connectivity index is 1.44. The Morgan fingerprint density at radius 2 is 1.82 bits per heavy atom. The third-order valence-electron chi connectivity index (χ3n) is 7.86. The molecule has 2 N–H and O–H groups in total. The molecule has 2 aliphatic heterocycles. The van der Waals surface area contributed by atoms with Crippen molar-refractivity contribution in [1.29, 1.82) is 0 Å². The van der Waals surface area contributed by atoms with Crippen molar-refractivity contribution in [3.8, 4) is 5.75 Å². The highest BCUT2D eigenvalue weighted by atomic mass is 16.5. The summed E-state index contributed by atoms with van der Waals surface area (Å²) in [5.74, 6) is 0.462. The van der Waals surface area contributed by atoms with Crippen LogP contribution in [0, 0.1) is 5.92 Å². The first-order chi connectivity index (χ1) is 19.4. The fraction of sp³-hybridized carbons (Fsp3) is 0.281. The second-order valence-electron chi connectivity index (χ2n) is 10.8. The molecule has 0 saturated carbocycles. The van der Waals surface area contributed by atoms with Gasteiger partial charge in [-0.05, 0) is 53.8 Å². The van der Waals surface area contributed by atoms with Crippen LogP contribution in [0.2, 0.25) is 0 Å². The largest absolute Gasteiger partial charge is 0.497 e. The van der Waals surface area contributed by atoms with Gasteiger partial charge < -0.3 is 15.0 Å². The Morgan fingerprint density at radius 1 is 1.05 bits per heavy atom. The first-order valence-corrected chi connectivity index (χ1v) is 13.7. The van der Waals surface area contributed by atoms with Crippen molar-refractivity contribution >= 4 is 34.4 Å². The van der Waals surface area contributed by atoms with Crippen LogP contribution in [0.25, 0.3) is 10.9 Å². The van der Waals surface area contributed by atoms with Crippen molar-refractivity contribution in [2.75, 3.05) is 18.6 Å². The van der Waals surface area contributed by atoms with E-state index in [9.17, 15) is 14.4 Å². The van der Waals surface area contributed by atoms with Gasteiger partial charge in [0.2, 0.25) is 0 Å². The lowest BCUT2D eigenvalue weighted by Gasteiger charge is -2.36. The molecule has 1 saturated heterocycles. The highest BCUT2D eigenvalue weighted by molar-refractivity contribution is 6.24. The lowest BCUT2D eigenvalue weighted by Crippen LogP contribution is -2.44. The number of carbonyl (C=O) groups excluding carboxylic acids is 3. The van der Waals surface area contributed by atoms with Gasteiger partial charge in [0.05, 0.1) is 18.4 Å². The van der Waals surface area contributed by atoms with Crippen molar-refractivity contribution < 1.29 is 19.1 Å². The molecule has 3 aromatic carbocycles. The molecule has 2 aliphatic rings. The van der Waals surface area contributed by atoms with Gasteiger partial charge in [0, 0.05) is 29.6 Å². The molecule has 1 fully saturated rings. The van der Waals surface area contributed by atoms with Crippen molar-refractivity contribution in [3.63, 3.8) is 0 Å². The number of ether oxygens (including phenoxy) is 1. The molecule has 0 unspecified atom stereocenters. The molecule has 8 nitrogen and oxygen atoms in total. The number of methoxy groups -OCH3 is 1. The van der Waals surface area contributed by atoms with Crippen LogP contribution in [0.1, 0.15) is 53.5 Å². The number of rotatable bonds is 7. The van der Waals surface area contributed by atoms with Crippen molar-refractivity contribution in [2.45, 2.75) is 38.8 Å². The normalized spacial score (nSPS) is 18.3. The molecule has 2 atom stereocenters. The molecule has 0 spiro atoms. The minimum absolute atomic E-state index is 0.298. The molecule has 0 radical (unpaired) electrons. The van der Waals surface area contributed by atoms with Crippen LogP contribution in [0.4, 0.5) is 10.5 Å². The third kappa shape index (κ3) is 4.20. The summed E-state index contributed by atoms with van der Waals surface area (Å²) < 4.78 is 5.50. The molecule has 6 rings (SSSR count). The smallest absolute Gasteiger partial charge is 0.332 e. The summed E-state index contributed by atoms with van der Waals surface area (Å²) in [4.78, 5) is 47.9. The third-order valence-corrected chi connectivity index (χ3v) is 7.86. The van der Waals surface area contributed by atoms with Gasteiger partial charge in [-0.2, -0.15) is 0 Å². The van der Waals surface area contributed by atoms with E-state index in [-0.39, 0.29) is 11.8 Å². The monoisotopic (exact) mass is 536 g/mol. The first kappa shape index (κ1) is 25.7. The summed E-state index contributed by atoms with van der Waals surface area (Å²) >= 11 is 0. The van der Waals surface area contributed by atoms with Crippen LogP contribution in [0.5, 0.6) is 5.75 Å². The maximum absolute atomic E-state index is 14.2. The van der Waals surface area contributed by atoms with Crippen molar-refractivity contribution in [1.82, 2.24) is 15.2 Å². The molecule has 40 heavy (non-hydrogen) atoms. The Morgan fingerprint density at radius 3 is 2.62 bits per heavy atom. The van der Waals surface area contributed by atoms with Gasteiger partial charge in [0.25, 0.3) is 11.8 Å². The molecule has 3 heterocycles. The van der Waals surface area contributed by atoms with E-state index in [2.05, 4.69) is 24.1 Å². The van der Waals surface area contributed by atoms with E-state index >= 15 is 0 Å². The maximum Gasteiger partial charge on any atom is 0.332 e. The average molecular weight is 537 g/mol. The molecule has 1 aromatic heterocycles. The number of hydrogen-bond acceptors (Lipinski definition) is 4. The maximum atomic E-state index is 14.2. The first-order valence-electron chi connectivity index (χ1n) is 13.7. The van der Waals surface area contributed by atoms with Gasteiger partial charge >= 0.3 is 6.03 Å². The molecule has 0 bridgehead atoms. The molecule has 4 aromatic rings. The lowest BCUT2D eigenvalue weighted by atomic mass is 9.89. The number of para-hydroxylation sites is 2. The molecular weight excluding hydrogens is 504 g/mol. The molecule has 204 valence electrons. The van der Waals surface area contributed by atoms with Crippen LogP contribution in [0.3, 0.4) is 0 Å². The fourth-order valence-electron chi connectivity index (χ4n) is 5.88. The van der Waals surface area contributed by atoms with Gasteiger partial charge in [0.1, 0.15) is 17.8 Å². The van der Waals surface area contributed by atoms with E-state index < -0.39 is 18.1 Å². The minimum atomic E-state index is -0.715. The van der Waals surface area contributed by atoms with Gasteiger partial charge in [-0.15, -0.1) is 0 Å². The zero-order valence-corrected chi connectivity index (χ0v) is 22.8.